The number of anilines is 1. The minimum absolute atomic E-state index is 0.341. The average Bonchev–Trinajstić information content (AvgIpc) is 2.95. The van der Waals surface area contributed by atoms with Crippen molar-refractivity contribution in [1.82, 2.24) is 4.98 Å². The number of nitrogens with one attached hydrogen (secondary N) is 1. The van der Waals surface area contributed by atoms with E-state index in [9.17, 15) is 4.79 Å². The van der Waals surface area contributed by atoms with Crippen LogP contribution in [0.15, 0.2) is 5.38 Å². The van der Waals surface area contributed by atoms with Crippen LogP contribution in [0.4, 0.5) is 5.13 Å². The van der Waals surface area contributed by atoms with Crippen LogP contribution in [0.3, 0.4) is 0 Å². The van der Waals surface area contributed by atoms with Crippen molar-refractivity contribution in [3.63, 3.8) is 0 Å². The Morgan fingerprint density at radius 1 is 1.71 bits per heavy atom. The standard InChI is InChI=1S/C12H18N2O2S/c1-3-16-11(15)10-7-17-12(14-10)13-8(2)6-9-4-5-9/h7-9H,3-6H2,1-2H3,(H,13,14). The molecule has 0 radical (unpaired) electrons. The maximum absolute atomic E-state index is 11.4. The SMILES string of the molecule is CCOC(=O)c1csc(NC(C)CC2CC2)n1. The number of hydrogen-bond acceptors (Lipinski definition) is 5. The van der Waals surface area contributed by atoms with Crippen LogP contribution >= 0.6 is 11.3 Å². The number of rotatable bonds is 6. The number of nitrogens with zero attached hydrogens (tertiary/aromatic N) is 1. The maximum Gasteiger partial charge on any atom is 0.357 e. The molecule has 1 aliphatic carbocycles. The van der Waals surface area contributed by atoms with Gasteiger partial charge in [0, 0.05) is 11.4 Å². The lowest BCUT2D eigenvalue weighted by Crippen LogP contribution is -2.15. The van der Waals surface area contributed by atoms with Crippen LogP contribution < -0.4 is 5.32 Å². The summed E-state index contributed by atoms with van der Waals surface area (Å²) in [5.74, 6) is 0.550. The molecule has 0 spiro atoms. The van der Waals surface area contributed by atoms with Gasteiger partial charge in [-0.2, -0.15) is 0 Å². The van der Waals surface area contributed by atoms with Crippen molar-refractivity contribution in [2.24, 2.45) is 5.92 Å². The van der Waals surface area contributed by atoms with Crippen molar-refractivity contribution < 1.29 is 9.53 Å². The van der Waals surface area contributed by atoms with Gasteiger partial charge in [0.1, 0.15) is 0 Å². The van der Waals surface area contributed by atoms with Gasteiger partial charge >= 0.3 is 5.97 Å². The first-order valence-corrected chi connectivity index (χ1v) is 6.96. The highest BCUT2D eigenvalue weighted by Crippen LogP contribution is 2.34. The van der Waals surface area contributed by atoms with Crippen molar-refractivity contribution in [3.8, 4) is 0 Å². The lowest BCUT2D eigenvalue weighted by Gasteiger charge is -2.11. The molecule has 1 unspecified atom stereocenters. The lowest BCUT2D eigenvalue weighted by atomic mass is 10.2. The number of hydrogen-bond donors (Lipinski definition) is 1. The van der Waals surface area contributed by atoms with Crippen LogP contribution in [-0.2, 0) is 4.74 Å². The van der Waals surface area contributed by atoms with E-state index in [4.69, 9.17) is 4.74 Å². The van der Waals surface area contributed by atoms with Gasteiger partial charge in [0.2, 0.25) is 0 Å². The normalized spacial score (nSPS) is 16.6. The molecule has 2 rings (SSSR count). The summed E-state index contributed by atoms with van der Waals surface area (Å²) in [6.45, 7) is 4.34. The summed E-state index contributed by atoms with van der Waals surface area (Å²) in [6, 6.07) is 0.420. The molecular weight excluding hydrogens is 236 g/mol. The van der Waals surface area contributed by atoms with Crippen molar-refractivity contribution >= 4 is 22.4 Å². The molecule has 1 aliphatic rings. The Balaban J connectivity index is 1.86. The van der Waals surface area contributed by atoms with E-state index in [2.05, 4.69) is 17.2 Å². The molecule has 1 fully saturated rings. The number of ether oxygens (including phenoxy) is 1. The molecule has 94 valence electrons. The molecule has 17 heavy (non-hydrogen) atoms. The number of carbonyl (C=O) groups is 1. The minimum atomic E-state index is -0.341. The molecule has 0 aliphatic heterocycles. The highest BCUT2D eigenvalue weighted by Gasteiger charge is 2.24. The van der Waals surface area contributed by atoms with E-state index in [0.29, 0.717) is 18.3 Å². The van der Waals surface area contributed by atoms with Crippen molar-refractivity contribution in [2.45, 2.75) is 39.2 Å². The first kappa shape index (κ1) is 12.4. The van der Waals surface area contributed by atoms with Crippen LogP contribution in [-0.4, -0.2) is 23.6 Å². The molecule has 1 aromatic heterocycles. The van der Waals surface area contributed by atoms with E-state index in [1.54, 1.807) is 12.3 Å². The van der Waals surface area contributed by atoms with Gasteiger partial charge in [-0.3, -0.25) is 0 Å². The molecule has 1 heterocycles. The van der Waals surface area contributed by atoms with Crippen LogP contribution in [0.5, 0.6) is 0 Å². The molecule has 5 heteroatoms. The van der Waals surface area contributed by atoms with Gasteiger partial charge in [0.05, 0.1) is 6.61 Å². The van der Waals surface area contributed by atoms with E-state index in [0.717, 1.165) is 11.0 Å². The lowest BCUT2D eigenvalue weighted by molar-refractivity contribution is 0.0520. The molecular formula is C12H18N2O2S. The van der Waals surface area contributed by atoms with Gasteiger partial charge in [0.15, 0.2) is 10.8 Å². The van der Waals surface area contributed by atoms with E-state index >= 15 is 0 Å². The van der Waals surface area contributed by atoms with Gasteiger partial charge < -0.3 is 10.1 Å². The largest absolute Gasteiger partial charge is 0.461 e. The van der Waals surface area contributed by atoms with E-state index < -0.39 is 0 Å². The molecule has 1 saturated carbocycles. The molecule has 0 aromatic carbocycles. The van der Waals surface area contributed by atoms with E-state index in [1.165, 1.54) is 30.6 Å². The fraction of sp³-hybridized carbons (Fsp3) is 0.667. The molecule has 0 saturated heterocycles. The van der Waals surface area contributed by atoms with Crippen molar-refractivity contribution in [3.05, 3.63) is 11.1 Å². The second kappa shape index (κ2) is 5.49. The van der Waals surface area contributed by atoms with Gasteiger partial charge in [-0.15, -0.1) is 11.3 Å². The van der Waals surface area contributed by atoms with Crippen LogP contribution in [0, 0.1) is 5.92 Å². The number of carbonyl (C=O) groups excluding carboxylic acids is 1. The Morgan fingerprint density at radius 3 is 3.12 bits per heavy atom. The van der Waals surface area contributed by atoms with Crippen LogP contribution in [0.1, 0.15) is 43.6 Å². The summed E-state index contributed by atoms with van der Waals surface area (Å²) in [7, 11) is 0. The summed E-state index contributed by atoms with van der Waals surface area (Å²) >= 11 is 1.46. The predicted molar refractivity (Wildman–Crippen MR) is 68.5 cm³/mol. The molecule has 1 atom stereocenters. The highest BCUT2D eigenvalue weighted by atomic mass is 32.1. The Labute approximate surface area is 105 Å². The van der Waals surface area contributed by atoms with Crippen molar-refractivity contribution in [2.75, 3.05) is 11.9 Å². The third-order valence-electron chi connectivity index (χ3n) is 2.74. The Hall–Kier alpha value is -1.10. The van der Waals surface area contributed by atoms with E-state index in [1.807, 2.05) is 0 Å². The maximum atomic E-state index is 11.4. The highest BCUT2D eigenvalue weighted by molar-refractivity contribution is 7.13. The summed E-state index contributed by atoms with van der Waals surface area (Å²) in [6.07, 6.45) is 3.91. The second-order valence-corrected chi connectivity index (χ2v) is 5.34. The quantitative estimate of drug-likeness (QED) is 0.793. The summed E-state index contributed by atoms with van der Waals surface area (Å²) in [5, 5.41) is 5.88. The zero-order valence-electron chi connectivity index (χ0n) is 10.2. The monoisotopic (exact) mass is 254 g/mol. The number of esters is 1. The average molecular weight is 254 g/mol. The molecule has 4 nitrogen and oxygen atoms in total. The van der Waals surface area contributed by atoms with Gasteiger partial charge in [-0.25, -0.2) is 9.78 Å². The van der Waals surface area contributed by atoms with Gasteiger partial charge in [0.25, 0.3) is 0 Å². The first-order chi connectivity index (χ1) is 8.19. The van der Waals surface area contributed by atoms with Gasteiger partial charge in [-0.1, -0.05) is 12.8 Å². The predicted octanol–water partition coefficient (Wildman–Crippen LogP) is 2.92. The Morgan fingerprint density at radius 2 is 2.47 bits per heavy atom. The molecule has 0 amide bonds. The molecule has 1 aromatic rings. The number of aromatic nitrogens is 1. The zero-order chi connectivity index (χ0) is 12.3. The van der Waals surface area contributed by atoms with Crippen molar-refractivity contribution in [1.29, 1.82) is 0 Å². The fourth-order valence-corrected chi connectivity index (χ4v) is 2.55. The zero-order valence-corrected chi connectivity index (χ0v) is 11.0. The first-order valence-electron chi connectivity index (χ1n) is 6.08. The van der Waals surface area contributed by atoms with Crippen LogP contribution in [0.2, 0.25) is 0 Å². The Bertz CT molecular complexity index is 388. The number of thiazole rings is 1. The third kappa shape index (κ3) is 3.70. The topological polar surface area (TPSA) is 51.2 Å². The van der Waals surface area contributed by atoms with E-state index in [-0.39, 0.29) is 5.97 Å². The van der Waals surface area contributed by atoms with Crippen LogP contribution in [0.25, 0.3) is 0 Å². The second-order valence-electron chi connectivity index (χ2n) is 4.48. The summed E-state index contributed by atoms with van der Waals surface area (Å²) in [5.41, 5.74) is 0.401. The minimum Gasteiger partial charge on any atom is -0.461 e. The third-order valence-corrected chi connectivity index (χ3v) is 3.52. The fourth-order valence-electron chi connectivity index (χ4n) is 1.76. The Kier molecular flexibility index (Phi) is 3.99. The molecule has 0 bridgehead atoms. The summed E-state index contributed by atoms with van der Waals surface area (Å²) in [4.78, 5) is 15.7. The molecule has 1 N–H and O–H groups in total. The smallest absolute Gasteiger partial charge is 0.357 e. The van der Waals surface area contributed by atoms with Gasteiger partial charge in [-0.05, 0) is 26.2 Å². The summed E-state index contributed by atoms with van der Waals surface area (Å²) < 4.78 is 4.90.